The van der Waals surface area contributed by atoms with E-state index in [4.69, 9.17) is 0 Å². The fourth-order valence-electron chi connectivity index (χ4n) is 1.77. The number of halogens is 1. The van der Waals surface area contributed by atoms with Gasteiger partial charge in [-0.15, -0.1) is 11.3 Å². The predicted molar refractivity (Wildman–Crippen MR) is 87.2 cm³/mol. The number of thiazole rings is 1. The van der Waals surface area contributed by atoms with Gasteiger partial charge in [0.15, 0.2) is 5.13 Å². The maximum atomic E-state index is 11.6. The molecule has 20 heavy (non-hydrogen) atoms. The maximum Gasteiger partial charge on any atom is 0.226 e. The average molecular weight is 353 g/mol. The van der Waals surface area contributed by atoms with Crippen molar-refractivity contribution in [3.63, 3.8) is 0 Å². The summed E-state index contributed by atoms with van der Waals surface area (Å²) in [7, 11) is 0. The largest absolute Gasteiger partial charge is 0.302 e. The minimum Gasteiger partial charge on any atom is -0.302 e. The van der Waals surface area contributed by atoms with E-state index in [1.54, 1.807) is 0 Å². The molecule has 0 aliphatic carbocycles. The lowest BCUT2D eigenvalue weighted by molar-refractivity contribution is -0.116. The van der Waals surface area contributed by atoms with Crippen LogP contribution in [-0.4, -0.2) is 10.9 Å². The van der Waals surface area contributed by atoms with Crippen molar-refractivity contribution < 1.29 is 4.79 Å². The Morgan fingerprint density at radius 1 is 1.35 bits per heavy atom. The van der Waals surface area contributed by atoms with E-state index in [1.807, 2.05) is 18.3 Å². The van der Waals surface area contributed by atoms with E-state index in [0.717, 1.165) is 28.6 Å². The molecule has 0 saturated carbocycles. The predicted octanol–water partition coefficient (Wildman–Crippen LogP) is 4.63. The Morgan fingerprint density at radius 3 is 2.80 bits per heavy atom. The van der Waals surface area contributed by atoms with Crippen LogP contribution in [0.2, 0.25) is 0 Å². The van der Waals surface area contributed by atoms with E-state index < -0.39 is 0 Å². The van der Waals surface area contributed by atoms with Crippen molar-refractivity contribution in [1.29, 1.82) is 0 Å². The van der Waals surface area contributed by atoms with E-state index in [0.29, 0.717) is 11.6 Å². The first-order valence-corrected chi connectivity index (χ1v) is 8.27. The van der Waals surface area contributed by atoms with Crippen molar-refractivity contribution in [3.8, 4) is 0 Å². The van der Waals surface area contributed by atoms with Crippen molar-refractivity contribution in [2.75, 3.05) is 5.32 Å². The van der Waals surface area contributed by atoms with Crippen LogP contribution in [-0.2, 0) is 11.2 Å². The van der Waals surface area contributed by atoms with Crippen LogP contribution in [0.5, 0.6) is 0 Å². The van der Waals surface area contributed by atoms with E-state index in [-0.39, 0.29) is 5.91 Å². The summed E-state index contributed by atoms with van der Waals surface area (Å²) in [5.74, 6) is 0.0522. The third-order valence-corrected chi connectivity index (χ3v) is 4.29. The molecule has 0 atom stereocenters. The molecule has 3 nitrogen and oxygen atoms in total. The van der Waals surface area contributed by atoms with Gasteiger partial charge in [-0.05, 0) is 24.1 Å². The molecule has 2 aromatic rings. The quantitative estimate of drug-likeness (QED) is 0.823. The van der Waals surface area contributed by atoms with Gasteiger partial charge in [-0.2, -0.15) is 0 Å². The zero-order valence-corrected chi connectivity index (χ0v) is 13.8. The van der Waals surface area contributed by atoms with Crippen LogP contribution in [0.15, 0.2) is 34.9 Å². The second-order valence-electron chi connectivity index (χ2n) is 4.59. The SMILES string of the molecule is CCCCC(=O)Nc1ncc(Cc2ccc(Br)cc2)s1. The Hall–Kier alpha value is -1.20. The third kappa shape index (κ3) is 4.72. The van der Waals surface area contributed by atoms with Gasteiger partial charge in [-0.3, -0.25) is 4.79 Å². The van der Waals surface area contributed by atoms with Gasteiger partial charge in [0.1, 0.15) is 0 Å². The summed E-state index contributed by atoms with van der Waals surface area (Å²) >= 11 is 4.96. The molecule has 1 amide bonds. The molecular formula is C15H17BrN2OS. The number of benzene rings is 1. The number of hydrogen-bond acceptors (Lipinski definition) is 3. The molecule has 1 heterocycles. The van der Waals surface area contributed by atoms with Crippen molar-refractivity contribution in [2.45, 2.75) is 32.6 Å². The summed E-state index contributed by atoms with van der Waals surface area (Å²) in [6, 6.07) is 8.24. The molecule has 2 rings (SSSR count). The van der Waals surface area contributed by atoms with E-state index >= 15 is 0 Å². The molecule has 0 aliphatic heterocycles. The Labute approximate surface area is 131 Å². The molecule has 1 aromatic carbocycles. The Balaban J connectivity index is 1.91. The molecule has 106 valence electrons. The first kappa shape index (κ1) is 15.2. The molecule has 0 spiro atoms. The van der Waals surface area contributed by atoms with Crippen molar-refractivity contribution >= 4 is 38.3 Å². The number of carbonyl (C=O) groups is 1. The van der Waals surface area contributed by atoms with E-state index in [2.05, 4.69) is 45.3 Å². The zero-order valence-electron chi connectivity index (χ0n) is 11.4. The third-order valence-electron chi connectivity index (χ3n) is 2.85. The molecule has 0 bridgehead atoms. The first-order valence-electron chi connectivity index (χ1n) is 6.66. The van der Waals surface area contributed by atoms with Crippen molar-refractivity contribution in [1.82, 2.24) is 4.98 Å². The Bertz CT molecular complexity index is 566. The smallest absolute Gasteiger partial charge is 0.226 e. The number of carbonyl (C=O) groups excluding carboxylic acids is 1. The maximum absolute atomic E-state index is 11.6. The van der Waals surface area contributed by atoms with Gasteiger partial charge in [0.05, 0.1) is 0 Å². The molecule has 1 N–H and O–H groups in total. The minimum absolute atomic E-state index is 0.0522. The van der Waals surface area contributed by atoms with Crippen LogP contribution >= 0.6 is 27.3 Å². The number of nitrogens with zero attached hydrogens (tertiary/aromatic N) is 1. The fourth-order valence-corrected chi connectivity index (χ4v) is 2.90. The van der Waals surface area contributed by atoms with Crippen LogP contribution in [0.1, 0.15) is 36.6 Å². The molecule has 5 heteroatoms. The van der Waals surface area contributed by atoms with Gasteiger partial charge in [-0.25, -0.2) is 4.98 Å². The summed E-state index contributed by atoms with van der Waals surface area (Å²) in [4.78, 5) is 17.0. The number of rotatable bonds is 6. The molecule has 0 saturated heterocycles. The zero-order chi connectivity index (χ0) is 14.4. The first-order chi connectivity index (χ1) is 9.67. The summed E-state index contributed by atoms with van der Waals surface area (Å²) < 4.78 is 1.08. The van der Waals surface area contributed by atoms with Crippen molar-refractivity contribution in [3.05, 3.63) is 45.4 Å². The van der Waals surface area contributed by atoms with Crippen LogP contribution in [0.25, 0.3) is 0 Å². The topological polar surface area (TPSA) is 42.0 Å². The minimum atomic E-state index is 0.0522. The summed E-state index contributed by atoms with van der Waals surface area (Å²) in [5.41, 5.74) is 1.24. The average Bonchev–Trinajstić information content (AvgIpc) is 2.86. The number of anilines is 1. The summed E-state index contributed by atoms with van der Waals surface area (Å²) in [5, 5.41) is 3.55. The number of unbranched alkanes of at least 4 members (excludes halogenated alkanes) is 1. The van der Waals surface area contributed by atoms with Crippen LogP contribution in [0.4, 0.5) is 5.13 Å². The normalized spacial score (nSPS) is 10.5. The number of amides is 1. The molecule has 0 fully saturated rings. The summed E-state index contributed by atoms with van der Waals surface area (Å²) in [6.45, 7) is 2.08. The Kier molecular flexibility index (Phi) is 5.73. The van der Waals surface area contributed by atoms with Gasteiger partial charge in [0.25, 0.3) is 0 Å². The highest BCUT2D eigenvalue weighted by atomic mass is 79.9. The second kappa shape index (κ2) is 7.55. The highest BCUT2D eigenvalue weighted by Crippen LogP contribution is 2.22. The van der Waals surface area contributed by atoms with Gasteiger partial charge in [0, 0.05) is 28.4 Å². The molecule has 0 unspecified atom stereocenters. The molecule has 1 aromatic heterocycles. The number of nitrogens with one attached hydrogen (secondary N) is 1. The number of hydrogen-bond donors (Lipinski definition) is 1. The van der Waals surface area contributed by atoms with Crippen molar-refractivity contribution in [2.24, 2.45) is 0 Å². The van der Waals surface area contributed by atoms with E-state index in [9.17, 15) is 4.79 Å². The lowest BCUT2D eigenvalue weighted by Crippen LogP contribution is -2.10. The van der Waals surface area contributed by atoms with Gasteiger partial charge >= 0.3 is 0 Å². The summed E-state index contributed by atoms with van der Waals surface area (Å²) in [6.07, 6.45) is 5.19. The van der Waals surface area contributed by atoms with Crippen LogP contribution < -0.4 is 5.32 Å². The van der Waals surface area contributed by atoms with Gasteiger partial charge in [0.2, 0.25) is 5.91 Å². The lowest BCUT2D eigenvalue weighted by Gasteiger charge is -2.00. The highest BCUT2D eigenvalue weighted by molar-refractivity contribution is 9.10. The molecule has 0 radical (unpaired) electrons. The highest BCUT2D eigenvalue weighted by Gasteiger charge is 2.06. The fraction of sp³-hybridized carbons (Fsp3) is 0.333. The monoisotopic (exact) mass is 352 g/mol. The van der Waals surface area contributed by atoms with Crippen LogP contribution in [0, 0.1) is 0 Å². The van der Waals surface area contributed by atoms with Gasteiger partial charge < -0.3 is 5.32 Å². The standard InChI is InChI=1S/C15H17BrN2OS/c1-2-3-4-14(19)18-15-17-10-13(20-15)9-11-5-7-12(16)8-6-11/h5-8,10H,2-4,9H2,1H3,(H,17,18,19). The number of aromatic nitrogens is 1. The van der Waals surface area contributed by atoms with Crippen LogP contribution in [0.3, 0.4) is 0 Å². The second-order valence-corrected chi connectivity index (χ2v) is 6.62. The van der Waals surface area contributed by atoms with E-state index in [1.165, 1.54) is 16.9 Å². The lowest BCUT2D eigenvalue weighted by atomic mass is 10.1. The Morgan fingerprint density at radius 2 is 2.10 bits per heavy atom. The molecule has 0 aliphatic rings. The van der Waals surface area contributed by atoms with Gasteiger partial charge in [-0.1, -0.05) is 41.4 Å². The molecular weight excluding hydrogens is 336 g/mol.